The minimum Gasteiger partial charge on any atom is -0.366 e. The van der Waals surface area contributed by atoms with Gasteiger partial charge in [0.15, 0.2) is 0 Å². The van der Waals surface area contributed by atoms with E-state index in [9.17, 15) is 14.4 Å². The third kappa shape index (κ3) is 3.61. The number of nitrogens with zero attached hydrogens (tertiary/aromatic N) is 5. The molecule has 8 nitrogen and oxygen atoms in total. The van der Waals surface area contributed by atoms with Gasteiger partial charge in [-0.2, -0.15) is 9.78 Å². The van der Waals surface area contributed by atoms with Crippen LogP contribution in [0.5, 0.6) is 0 Å². The third-order valence-corrected chi connectivity index (χ3v) is 7.36. The molecule has 1 saturated carbocycles. The first-order chi connectivity index (χ1) is 15.5. The van der Waals surface area contributed by atoms with E-state index in [0.29, 0.717) is 50.6 Å². The average molecular weight is 456 g/mol. The molecule has 0 unspecified atom stereocenters. The van der Waals surface area contributed by atoms with E-state index in [2.05, 4.69) is 10.00 Å². The fourth-order valence-electron chi connectivity index (χ4n) is 5.17. The van der Waals surface area contributed by atoms with Gasteiger partial charge in [0, 0.05) is 32.6 Å². The molecule has 1 aliphatic carbocycles. The van der Waals surface area contributed by atoms with Crippen molar-refractivity contribution in [1.82, 2.24) is 19.6 Å². The summed E-state index contributed by atoms with van der Waals surface area (Å²) in [5, 5.41) is 4.46. The Bertz CT molecular complexity index is 1090. The number of aromatic nitrogens is 2. The fourth-order valence-corrected chi connectivity index (χ4v) is 5.42. The van der Waals surface area contributed by atoms with Crippen LogP contribution in [0.3, 0.4) is 0 Å². The van der Waals surface area contributed by atoms with Gasteiger partial charge in [-0.25, -0.2) is 0 Å². The van der Waals surface area contributed by atoms with E-state index < -0.39 is 5.41 Å². The molecule has 0 N–H and O–H groups in total. The Kier molecular flexibility index (Phi) is 5.51. The molecule has 0 bridgehead atoms. The van der Waals surface area contributed by atoms with Crippen molar-refractivity contribution in [3.63, 3.8) is 0 Å². The number of carbonyl (C=O) groups excluding carboxylic acids is 2. The maximum Gasteiger partial charge on any atom is 0.292 e. The van der Waals surface area contributed by atoms with Crippen LogP contribution in [0.4, 0.5) is 5.69 Å². The molecule has 2 saturated heterocycles. The number of likely N-dealkylation sites (tertiary alicyclic amines) is 1. The van der Waals surface area contributed by atoms with Crippen LogP contribution in [-0.4, -0.2) is 64.2 Å². The Morgan fingerprint density at radius 1 is 0.969 bits per heavy atom. The van der Waals surface area contributed by atoms with E-state index in [0.717, 1.165) is 25.7 Å². The predicted octanol–water partition coefficient (Wildman–Crippen LogP) is 2.28. The highest BCUT2D eigenvalue weighted by molar-refractivity contribution is 6.33. The molecule has 2 aliphatic heterocycles. The molecule has 1 aromatic heterocycles. The lowest BCUT2D eigenvalue weighted by Gasteiger charge is -2.37. The number of benzene rings is 1. The van der Waals surface area contributed by atoms with Gasteiger partial charge in [-0.3, -0.25) is 24.2 Å². The van der Waals surface area contributed by atoms with Gasteiger partial charge in [-0.1, -0.05) is 42.6 Å². The number of hydrogen-bond acceptors (Lipinski definition) is 6. The number of carbonyl (C=O) groups is 2. The zero-order chi connectivity index (χ0) is 22.3. The third-order valence-electron chi connectivity index (χ3n) is 7.01. The van der Waals surface area contributed by atoms with Crippen molar-refractivity contribution in [2.75, 3.05) is 37.7 Å². The topological polar surface area (TPSA) is 78.8 Å². The van der Waals surface area contributed by atoms with Crippen LogP contribution in [0, 0.1) is 5.41 Å². The number of hydrogen-bond donors (Lipinski definition) is 0. The van der Waals surface area contributed by atoms with Gasteiger partial charge in [0.25, 0.3) is 5.56 Å². The molecule has 1 aromatic carbocycles. The first-order valence-corrected chi connectivity index (χ1v) is 11.5. The largest absolute Gasteiger partial charge is 0.366 e. The van der Waals surface area contributed by atoms with E-state index in [4.69, 9.17) is 11.6 Å². The van der Waals surface area contributed by atoms with Gasteiger partial charge in [-0.15, -0.1) is 0 Å². The number of rotatable bonds is 4. The number of anilines is 1. The Hall–Kier alpha value is -2.71. The molecule has 0 radical (unpaired) electrons. The normalized spacial score (nSPS) is 21.2. The van der Waals surface area contributed by atoms with Gasteiger partial charge in [0.05, 0.1) is 29.7 Å². The standard InChI is InChI=1S/C23H26ClN5O3/c24-20-18(15-25-29(21(20)31)17-6-2-1-3-7-17)27-12-10-26(11-13-27)16-28-19(30)14-23(22(28)32)8-4-5-9-23/h1-3,6-7,15H,4-5,8-14,16H2. The molecule has 3 heterocycles. The van der Waals surface area contributed by atoms with Crippen molar-refractivity contribution >= 4 is 29.1 Å². The summed E-state index contributed by atoms with van der Waals surface area (Å²) in [6.07, 6.45) is 5.73. The fraction of sp³-hybridized carbons (Fsp3) is 0.478. The highest BCUT2D eigenvalue weighted by Gasteiger charge is 2.52. The van der Waals surface area contributed by atoms with Gasteiger partial charge in [0.2, 0.25) is 11.8 Å². The summed E-state index contributed by atoms with van der Waals surface area (Å²) >= 11 is 6.44. The second-order valence-electron chi connectivity index (χ2n) is 8.93. The molecule has 2 amide bonds. The van der Waals surface area contributed by atoms with Gasteiger partial charge in [-0.05, 0) is 25.0 Å². The summed E-state index contributed by atoms with van der Waals surface area (Å²) in [7, 11) is 0. The maximum atomic E-state index is 12.9. The lowest BCUT2D eigenvalue weighted by atomic mass is 9.85. The lowest BCUT2D eigenvalue weighted by Crippen LogP contribution is -2.52. The van der Waals surface area contributed by atoms with Crippen molar-refractivity contribution < 1.29 is 9.59 Å². The van der Waals surface area contributed by atoms with Crippen molar-refractivity contribution in [3.8, 4) is 5.69 Å². The Morgan fingerprint density at radius 2 is 1.66 bits per heavy atom. The van der Waals surface area contributed by atoms with E-state index in [1.54, 1.807) is 18.3 Å². The summed E-state index contributed by atoms with van der Waals surface area (Å²) in [6, 6.07) is 9.17. The molecule has 168 valence electrons. The van der Waals surface area contributed by atoms with Crippen LogP contribution < -0.4 is 10.5 Å². The van der Waals surface area contributed by atoms with Gasteiger partial charge >= 0.3 is 0 Å². The second kappa shape index (κ2) is 8.33. The summed E-state index contributed by atoms with van der Waals surface area (Å²) in [6.45, 7) is 2.95. The van der Waals surface area contributed by atoms with Crippen LogP contribution in [0.25, 0.3) is 5.69 Å². The zero-order valence-corrected chi connectivity index (χ0v) is 18.6. The van der Waals surface area contributed by atoms with Crippen LogP contribution in [0.15, 0.2) is 41.3 Å². The maximum absolute atomic E-state index is 12.9. The van der Waals surface area contributed by atoms with Crippen molar-refractivity contribution in [2.24, 2.45) is 5.41 Å². The van der Waals surface area contributed by atoms with Crippen molar-refractivity contribution in [1.29, 1.82) is 0 Å². The molecule has 3 aliphatic rings. The highest BCUT2D eigenvalue weighted by Crippen LogP contribution is 2.46. The number of amides is 2. The summed E-state index contributed by atoms with van der Waals surface area (Å²) in [5.74, 6) is -0.0321. The van der Waals surface area contributed by atoms with Gasteiger partial charge in [0.1, 0.15) is 5.02 Å². The molecule has 2 aromatic rings. The summed E-state index contributed by atoms with van der Waals surface area (Å²) < 4.78 is 1.30. The monoisotopic (exact) mass is 455 g/mol. The number of piperazine rings is 1. The van der Waals surface area contributed by atoms with Crippen LogP contribution in [0.2, 0.25) is 5.02 Å². The van der Waals surface area contributed by atoms with E-state index >= 15 is 0 Å². The Morgan fingerprint density at radius 3 is 2.34 bits per heavy atom. The Labute approximate surface area is 191 Å². The van der Waals surface area contributed by atoms with Gasteiger partial charge < -0.3 is 4.90 Å². The van der Waals surface area contributed by atoms with Crippen molar-refractivity contribution in [3.05, 3.63) is 51.9 Å². The quantitative estimate of drug-likeness (QED) is 0.658. The number of imide groups is 1. The number of para-hydroxylation sites is 1. The highest BCUT2D eigenvalue weighted by atomic mass is 35.5. The molecule has 1 spiro atoms. The molecule has 32 heavy (non-hydrogen) atoms. The minimum atomic E-state index is -0.430. The molecule has 9 heteroatoms. The van der Waals surface area contributed by atoms with E-state index in [-0.39, 0.29) is 22.4 Å². The SMILES string of the molecule is O=C1CC2(CCCC2)C(=O)N1CN1CCN(c2cnn(-c3ccccc3)c(=O)c2Cl)CC1. The van der Waals surface area contributed by atoms with E-state index in [1.807, 2.05) is 23.1 Å². The first kappa shape index (κ1) is 21.2. The predicted molar refractivity (Wildman–Crippen MR) is 121 cm³/mol. The second-order valence-corrected chi connectivity index (χ2v) is 9.31. The first-order valence-electron chi connectivity index (χ1n) is 11.1. The zero-order valence-electron chi connectivity index (χ0n) is 17.9. The molecule has 5 rings (SSSR count). The van der Waals surface area contributed by atoms with Crippen LogP contribution in [-0.2, 0) is 9.59 Å². The Balaban J connectivity index is 1.24. The lowest BCUT2D eigenvalue weighted by molar-refractivity contribution is -0.143. The molecular weight excluding hydrogens is 430 g/mol. The summed E-state index contributed by atoms with van der Waals surface area (Å²) in [4.78, 5) is 43.9. The summed E-state index contributed by atoms with van der Waals surface area (Å²) in [5.41, 5.74) is 0.492. The number of halogens is 1. The van der Waals surface area contributed by atoms with E-state index in [1.165, 1.54) is 9.58 Å². The van der Waals surface area contributed by atoms with Crippen LogP contribution in [0.1, 0.15) is 32.1 Å². The molecule has 3 fully saturated rings. The minimum absolute atomic E-state index is 0.0131. The average Bonchev–Trinajstić information content (AvgIpc) is 3.37. The van der Waals surface area contributed by atoms with Crippen LogP contribution >= 0.6 is 11.6 Å². The van der Waals surface area contributed by atoms with Crippen molar-refractivity contribution in [2.45, 2.75) is 32.1 Å². The molecular formula is C23H26ClN5O3. The molecule has 0 atom stereocenters. The smallest absolute Gasteiger partial charge is 0.292 e.